The lowest BCUT2D eigenvalue weighted by atomic mass is 10.2. The molecule has 3 heterocycles. The van der Waals surface area contributed by atoms with E-state index in [2.05, 4.69) is 21.1 Å². The summed E-state index contributed by atoms with van der Waals surface area (Å²) in [4.78, 5) is 22.9. The summed E-state index contributed by atoms with van der Waals surface area (Å²) in [6, 6.07) is 2.24. The summed E-state index contributed by atoms with van der Waals surface area (Å²) >= 11 is 0. The van der Waals surface area contributed by atoms with Gasteiger partial charge < -0.3 is 4.90 Å². The highest BCUT2D eigenvalue weighted by molar-refractivity contribution is 5.92. The van der Waals surface area contributed by atoms with Gasteiger partial charge in [0.15, 0.2) is 0 Å². The number of aryl methyl sites for hydroxylation is 3. The lowest BCUT2D eigenvalue weighted by molar-refractivity contribution is 0.0714. The lowest BCUT2D eigenvalue weighted by Gasteiger charge is -2.24. The van der Waals surface area contributed by atoms with Gasteiger partial charge in [0, 0.05) is 18.4 Å². The van der Waals surface area contributed by atoms with Crippen LogP contribution >= 0.6 is 0 Å². The van der Waals surface area contributed by atoms with Crippen LogP contribution in [0.25, 0.3) is 0 Å². The van der Waals surface area contributed by atoms with Crippen LogP contribution < -0.4 is 0 Å². The molecule has 3 rings (SSSR count). The van der Waals surface area contributed by atoms with Gasteiger partial charge in [-0.05, 0) is 39.7 Å². The Morgan fingerprint density at radius 1 is 1.23 bits per heavy atom. The van der Waals surface area contributed by atoms with Crippen LogP contribution in [0.2, 0.25) is 0 Å². The van der Waals surface area contributed by atoms with E-state index in [0.717, 1.165) is 43.0 Å². The quantitative estimate of drug-likeness (QED) is 0.868. The summed E-state index contributed by atoms with van der Waals surface area (Å²) in [6.07, 6.45) is 5.23. The second-order valence-electron chi connectivity index (χ2n) is 5.95. The predicted molar refractivity (Wildman–Crippen MR) is 82.5 cm³/mol. The molecule has 0 N–H and O–H groups in total. The van der Waals surface area contributed by atoms with Crippen molar-refractivity contribution in [3.05, 3.63) is 41.2 Å². The lowest BCUT2D eigenvalue weighted by Crippen LogP contribution is -2.38. The van der Waals surface area contributed by atoms with E-state index in [1.165, 1.54) is 0 Å². The third-order valence-corrected chi connectivity index (χ3v) is 4.13. The van der Waals surface area contributed by atoms with Crippen molar-refractivity contribution < 1.29 is 4.79 Å². The molecule has 1 amide bonds. The maximum absolute atomic E-state index is 12.6. The standard InChI is InChI=1S/C16H21N5O/c1-11-7-13(3)21(19-11)10-14-5-4-6-20(14)16(22)15-9-17-12(2)8-18-15/h7-9,14H,4-6,10H2,1-3H3. The van der Waals surface area contributed by atoms with Gasteiger partial charge in [-0.3, -0.25) is 14.5 Å². The first kappa shape index (κ1) is 14.7. The molecule has 1 atom stereocenters. The molecule has 0 saturated carbocycles. The Balaban J connectivity index is 1.76. The Morgan fingerprint density at radius 3 is 2.68 bits per heavy atom. The van der Waals surface area contributed by atoms with E-state index < -0.39 is 0 Å². The Morgan fingerprint density at radius 2 is 2.05 bits per heavy atom. The number of carbonyl (C=O) groups excluding carboxylic acids is 1. The van der Waals surface area contributed by atoms with Crippen LogP contribution in [0.3, 0.4) is 0 Å². The molecule has 2 aromatic heterocycles. The summed E-state index contributed by atoms with van der Waals surface area (Å²) in [5.41, 5.74) is 3.38. The maximum Gasteiger partial charge on any atom is 0.274 e. The molecule has 1 saturated heterocycles. The Bertz CT molecular complexity index is 676. The average Bonchev–Trinajstić information content (AvgIpc) is 3.06. The van der Waals surface area contributed by atoms with Crippen LogP contribution in [0.5, 0.6) is 0 Å². The molecule has 2 aromatic rings. The third-order valence-electron chi connectivity index (χ3n) is 4.13. The van der Waals surface area contributed by atoms with E-state index >= 15 is 0 Å². The van der Waals surface area contributed by atoms with Crippen LogP contribution in [0.15, 0.2) is 18.5 Å². The predicted octanol–water partition coefficient (Wildman–Crippen LogP) is 1.90. The molecule has 0 aromatic carbocycles. The van der Waals surface area contributed by atoms with Gasteiger partial charge in [0.2, 0.25) is 0 Å². The molecule has 6 heteroatoms. The molecular formula is C16H21N5O. The SMILES string of the molecule is Cc1cnc(C(=O)N2CCCC2Cn2nc(C)cc2C)cn1. The van der Waals surface area contributed by atoms with Gasteiger partial charge >= 0.3 is 0 Å². The summed E-state index contributed by atoms with van der Waals surface area (Å²) in [6.45, 7) is 7.42. The monoisotopic (exact) mass is 299 g/mol. The molecule has 0 bridgehead atoms. The van der Waals surface area contributed by atoms with Crippen LogP contribution in [0, 0.1) is 20.8 Å². The van der Waals surface area contributed by atoms with Gasteiger partial charge in [0.05, 0.1) is 30.2 Å². The zero-order valence-electron chi connectivity index (χ0n) is 13.3. The highest BCUT2D eigenvalue weighted by atomic mass is 16.2. The summed E-state index contributed by atoms with van der Waals surface area (Å²) in [7, 11) is 0. The highest BCUT2D eigenvalue weighted by Crippen LogP contribution is 2.21. The number of amides is 1. The molecule has 0 spiro atoms. The molecular weight excluding hydrogens is 278 g/mol. The zero-order chi connectivity index (χ0) is 15.7. The van der Waals surface area contributed by atoms with Crippen LogP contribution in [0.1, 0.15) is 40.4 Å². The van der Waals surface area contributed by atoms with E-state index in [-0.39, 0.29) is 11.9 Å². The van der Waals surface area contributed by atoms with E-state index in [1.807, 2.05) is 30.4 Å². The summed E-state index contributed by atoms with van der Waals surface area (Å²) in [5.74, 6) is -0.0310. The van der Waals surface area contributed by atoms with E-state index in [9.17, 15) is 4.79 Å². The number of hydrogen-bond donors (Lipinski definition) is 0. The average molecular weight is 299 g/mol. The Kier molecular flexibility index (Phi) is 3.92. The second kappa shape index (κ2) is 5.87. The van der Waals surface area contributed by atoms with E-state index in [4.69, 9.17) is 0 Å². The smallest absolute Gasteiger partial charge is 0.274 e. The molecule has 1 unspecified atom stereocenters. The van der Waals surface area contributed by atoms with Crippen molar-refractivity contribution in [2.24, 2.45) is 0 Å². The fourth-order valence-corrected chi connectivity index (χ4v) is 3.00. The molecule has 6 nitrogen and oxygen atoms in total. The van der Waals surface area contributed by atoms with Gasteiger partial charge in [0.25, 0.3) is 5.91 Å². The molecule has 1 aliphatic heterocycles. The third kappa shape index (κ3) is 2.86. The number of hydrogen-bond acceptors (Lipinski definition) is 4. The minimum absolute atomic E-state index is 0.0310. The summed E-state index contributed by atoms with van der Waals surface area (Å²) in [5, 5.41) is 4.50. The first-order valence-corrected chi connectivity index (χ1v) is 7.65. The minimum atomic E-state index is -0.0310. The topological polar surface area (TPSA) is 63.9 Å². The summed E-state index contributed by atoms with van der Waals surface area (Å²) < 4.78 is 1.99. The first-order valence-electron chi connectivity index (χ1n) is 7.65. The zero-order valence-corrected chi connectivity index (χ0v) is 13.3. The molecule has 0 aliphatic carbocycles. The van der Waals surface area contributed by atoms with Crippen molar-refractivity contribution in [3.8, 4) is 0 Å². The first-order chi connectivity index (χ1) is 10.5. The number of carbonyl (C=O) groups is 1. The van der Waals surface area contributed by atoms with Crippen molar-refractivity contribution in [1.29, 1.82) is 0 Å². The van der Waals surface area contributed by atoms with Crippen molar-refractivity contribution in [1.82, 2.24) is 24.6 Å². The molecule has 1 aliphatic rings. The number of aromatic nitrogens is 4. The van der Waals surface area contributed by atoms with Crippen molar-refractivity contribution in [2.75, 3.05) is 6.54 Å². The fourth-order valence-electron chi connectivity index (χ4n) is 3.00. The van der Waals surface area contributed by atoms with E-state index in [0.29, 0.717) is 5.69 Å². The number of nitrogens with zero attached hydrogens (tertiary/aromatic N) is 5. The van der Waals surface area contributed by atoms with Crippen LogP contribution in [-0.2, 0) is 6.54 Å². The van der Waals surface area contributed by atoms with Crippen molar-refractivity contribution in [2.45, 2.75) is 46.2 Å². The Hall–Kier alpha value is -2.24. The van der Waals surface area contributed by atoms with Gasteiger partial charge in [-0.2, -0.15) is 5.10 Å². The van der Waals surface area contributed by atoms with Crippen molar-refractivity contribution in [3.63, 3.8) is 0 Å². The van der Waals surface area contributed by atoms with Gasteiger partial charge in [-0.1, -0.05) is 0 Å². The van der Waals surface area contributed by atoms with Gasteiger partial charge in [-0.25, -0.2) is 4.98 Å². The Labute approximate surface area is 130 Å². The van der Waals surface area contributed by atoms with Crippen LogP contribution in [-0.4, -0.2) is 43.1 Å². The van der Waals surface area contributed by atoms with Crippen molar-refractivity contribution >= 4 is 5.91 Å². The fraction of sp³-hybridized carbons (Fsp3) is 0.500. The van der Waals surface area contributed by atoms with E-state index in [1.54, 1.807) is 12.4 Å². The molecule has 0 radical (unpaired) electrons. The molecule has 116 valence electrons. The minimum Gasteiger partial charge on any atom is -0.332 e. The largest absolute Gasteiger partial charge is 0.332 e. The van der Waals surface area contributed by atoms with Gasteiger partial charge in [-0.15, -0.1) is 0 Å². The maximum atomic E-state index is 12.6. The highest BCUT2D eigenvalue weighted by Gasteiger charge is 2.30. The number of rotatable bonds is 3. The van der Waals surface area contributed by atoms with Crippen LogP contribution in [0.4, 0.5) is 0 Å². The molecule has 22 heavy (non-hydrogen) atoms. The van der Waals surface area contributed by atoms with Gasteiger partial charge in [0.1, 0.15) is 5.69 Å². The molecule has 1 fully saturated rings. The number of likely N-dealkylation sites (tertiary alicyclic amines) is 1. The second-order valence-corrected chi connectivity index (χ2v) is 5.95. The normalized spacial score (nSPS) is 18.0.